The number of aryl methyl sites for hydroxylation is 1. The van der Waals surface area contributed by atoms with E-state index in [2.05, 4.69) is 20.8 Å². The Labute approximate surface area is 88.4 Å². The first-order valence-electron chi connectivity index (χ1n) is 5.17. The van der Waals surface area contributed by atoms with Crippen LogP contribution in [-0.2, 0) is 11.3 Å². The van der Waals surface area contributed by atoms with Gasteiger partial charge in [-0.2, -0.15) is 4.98 Å². The molecule has 6 nitrogen and oxygen atoms in total. The van der Waals surface area contributed by atoms with Gasteiger partial charge in [0.1, 0.15) is 0 Å². The highest BCUT2D eigenvalue weighted by molar-refractivity contribution is 4.82. The zero-order chi connectivity index (χ0) is 10.5. The first-order valence-corrected chi connectivity index (χ1v) is 5.17. The standard InChI is InChI=1S/C9H16N4O2/c1-7-12-9(15-13-7)6-11-5-8-4-10-2-3-14-8/h8,10-11H,2-6H2,1H3. The summed E-state index contributed by atoms with van der Waals surface area (Å²) >= 11 is 0. The van der Waals surface area contributed by atoms with Gasteiger partial charge in [0.25, 0.3) is 0 Å². The van der Waals surface area contributed by atoms with Gasteiger partial charge in [0.15, 0.2) is 5.82 Å². The highest BCUT2D eigenvalue weighted by Crippen LogP contribution is 1.97. The third-order valence-corrected chi connectivity index (χ3v) is 2.22. The van der Waals surface area contributed by atoms with Crippen LogP contribution in [0.4, 0.5) is 0 Å². The molecule has 0 saturated carbocycles. The molecule has 2 heterocycles. The van der Waals surface area contributed by atoms with Crippen molar-refractivity contribution in [3.63, 3.8) is 0 Å². The molecule has 1 fully saturated rings. The zero-order valence-electron chi connectivity index (χ0n) is 8.82. The summed E-state index contributed by atoms with van der Waals surface area (Å²) in [7, 11) is 0. The molecule has 1 saturated heterocycles. The van der Waals surface area contributed by atoms with Crippen LogP contribution in [0.25, 0.3) is 0 Å². The van der Waals surface area contributed by atoms with Crippen LogP contribution in [0.3, 0.4) is 0 Å². The van der Waals surface area contributed by atoms with Gasteiger partial charge in [0.2, 0.25) is 5.89 Å². The van der Waals surface area contributed by atoms with Crippen LogP contribution in [0.1, 0.15) is 11.7 Å². The van der Waals surface area contributed by atoms with Crippen molar-refractivity contribution in [1.29, 1.82) is 0 Å². The molecule has 0 aliphatic carbocycles. The predicted octanol–water partition coefficient (Wildman–Crippen LogP) is -0.544. The molecule has 1 aliphatic rings. The van der Waals surface area contributed by atoms with E-state index in [9.17, 15) is 0 Å². The highest BCUT2D eigenvalue weighted by atomic mass is 16.5. The van der Waals surface area contributed by atoms with E-state index in [0.717, 1.165) is 26.2 Å². The molecule has 0 spiro atoms. The topological polar surface area (TPSA) is 72.2 Å². The van der Waals surface area contributed by atoms with Gasteiger partial charge in [0, 0.05) is 19.6 Å². The molecule has 0 amide bonds. The second-order valence-corrected chi connectivity index (χ2v) is 3.56. The van der Waals surface area contributed by atoms with Gasteiger partial charge in [-0.15, -0.1) is 0 Å². The molecule has 1 aromatic rings. The van der Waals surface area contributed by atoms with Crippen LogP contribution < -0.4 is 10.6 Å². The van der Waals surface area contributed by atoms with Crippen molar-refractivity contribution >= 4 is 0 Å². The van der Waals surface area contributed by atoms with Gasteiger partial charge < -0.3 is 19.9 Å². The molecule has 1 aliphatic heterocycles. The van der Waals surface area contributed by atoms with E-state index in [1.54, 1.807) is 6.92 Å². The van der Waals surface area contributed by atoms with E-state index in [4.69, 9.17) is 9.26 Å². The summed E-state index contributed by atoms with van der Waals surface area (Å²) in [6.07, 6.45) is 0.239. The number of aromatic nitrogens is 2. The van der Waals surface area contributed by atoms with E-state index in [0.29, 0.717) is 18.3 Å². The molecule has 1 aromatic heterocycles. The molecule has 84 valence electrons. The third kappa shape index (κ3) is 3.26. The molecular formula is C9H16N4O2. The van der Waals surface area contributed by atoms with Crippen molar-refractivity contribution < 1.29 is 9.26 Å². The second-order valence-electron chi connectivity index (χ2n) is 3.56. The number of hydrogen-bond donors (Lipinski definition) is 2. The maximum absolute atomic E-state index is 5.53. The summed E-state index contributed by atoms with van der Waals surface area (Å²) in [6, 6.07) is 0. The van der Waals surface area contributed by atoms with Gasteiger partial charge in [-0.05, 0) is 6.92 Å². The fourth-order valence-electron chi connectivity index (χ4n) is 1.50. The number of nitrogens with zero attached hydrogens (tertiary/aromatic N) is 2. The Hall–Kier alpha value is -0.980. The number of morpholine rings is 1. The summed E-state index contributed by atoms with van der Waals surface area (Å²) in [5.74, 6) is 1.29. The first kappa shape index (κ1) is 10.5. The lowest BCUT2D eigenvalue weighted by molar-refractivity contribution is 0.0287. The minimum atomic E-state index is 0.239. The molecule has 1 unspecified atom stereocenters. The third-order valence-electron chi connectivity index (χ3n) is 2.22. The summed E-state index contributed by atoms with van der Waals surface area (Å²) in [4.78, 5) is 4.10. The molecule has 0 radical (unpaired) electrons. The molecule has 2 N–H and O–H groups in total. The Bertz CT molecular complexity index is 296. The van der Waals surface area contributed by atoms with Crippen molar-refractivity contribution in [3.05, 3.63) is 11.7 Å². The molecule has 2 rings (SSSR count). The van der Waals surface area contributed by atoms with Gasteiger partial charge in [-0.3, -0.25) is 0 Å². The Morgan fingerprint density at radius 3 is 3.20 bits per heavy atom. The van der Waals surface area contributed by atoms with Crippen molar-refractivity contribution in [2.75, 3.05) is 26.2 Å². The van der Waals surface area contributed by atoms with Crippen LogP contribution >= 0.6 is 0 Å². The normalized spacial score (nSPS) is 21.8. The van der Waals surface area contributed by atoms with E-state index < -0.39 is 0 Å². The molecular weight excluding hydrogens is 196 g/mol. The average molecular weight is 212 g/mol. The lowest BCUT2D eigenvalue weighted by Gasteiger charge is -2.23. The summed E-state index contributed by atoms with van der Waals surface area (Å²) < 4.78 is 10.5. The fraction of sp³-hybridized carbons (Fsp3) is 0.778. The molecule has 1 atom stereocenters. The molecule has 0 aromatic carbocycles. The highest BCUT2D eigenvalue weighted by Gasteiger charge is 2.12. The Morgan fingerprint density at radius 2 is 2.53 bits per heavy atom. The zero-order valence-corrected chi connectivity index (χ0v) is 8.82. The molecule has 15 heavy (non-hydrogen) atoms. The summed E-state index contributed by atoms with van der Waals surface area (Å²) in [5.41, 5.74) is 0. The van der Waals surface area contributed by atoms with Crippen molar-refractivity contribution in [2.24, 2.45) is 0 Å². The predicted molar refractivity (Wildman–Crippen MR) is 53.4 cm³/mol. The monoisotopic (exact) mass is 212 g/mol. The number of ether oxygens (including phenoxy) is 1. The Kier molecular flexibility index (Phi) is 3.65. The van der Waals surface area contributed by atoms with E-state index >= 15 is 0 Å². The van der Waals surface area contributed by atoms with Gasteiger partial charge in [-0.25, -0.2) is 0 Å². The smallest absolute Gasteiger partial charge is 0.240 e. The van der Waals surface area contributed by atoms with E-state index in [1.807, 2.05) is 0 Å². The number of hydrogen-bond acceptors (Lipinski definition) is 6. The van der Waals surface area contributed by atoms with E-state index in [-0.39, 0.29) is 6.10 Å². The number of nitrogens with one attached hydrogen (secondary N) is 2. The van der Waals surface area contributed by atoms with Gasteiger partial charge in [0.05, 0.1) is 19.3 Å². The van der Waals surface area contributed by atoms with E-state index in [1.165, 1.54) is 0 Å². The van der Waals surface area contributed by atoms with Crippen LogP contribution in [-0.4, -0.2) is 42.5 Å². The second kappa shape index (κ2) is 5.20. The molecule has 0 bridgehead atoms. The van der Waals surface area contributed by atoms with Crippen molar-refractivity contribution in [1.82, 2.24) is 20.8 Å². The summed E-state index contributed by atoms with van der Waals surface area (Å²) in [5, 5.41) is 10.2. The fourth-order valence-corrected chi connectivity index (χ4v) is 1.50. The maximum Gasteiger partial charge on any atom is 0.240 e. The summed E-state index contributed by atoms with van der Waals surface area (Å²) in [6.45, 7) is 5.83. The quantitative estimate of drug-likeness (QED) is 0.698. The van der Waals surface area contributed by atoms with Crippen LogP contribution in [0.15, 0.2) is 4.52 Å². The Balaban J connectivity index is 1.65. The van der Waals surface area contributed by atoms with Gasteiger partial charge in [-0.1, -0.05) is 5.16 Å². The van der Waals surface area contributed by atoms with Crippen LogP contribution in [0.5, 0.6) is 0 Å². The largest absolute Gasteiger partial charge is 0.374 e. The van der Waals surface area contributed by atoms with Crippen molar-refractivity contribution in [2.45, 2.75) is 19.6 Å². The lowest BCUT2D eigenvalue weighted by Crippen LogP contribution is -2.43. The average Bonchev–Trinajstić information content (AvgIpc) is 2.66. The van der Waals surface area contributed by atoms with Gasteiger partial charge >= 0.3 is 0 Å². The molecule has 6 heteroatoms. The minimum absolute atomic E-state index is 0.239. The lowest BCUT2D eigenvalue weighted by atomic mass is 10.3. The van der Waals surface area contributed by atoms with Crippen LogP contribution in [0.2, 0.25) is 0 Å². The van der Waals surface area contributed by atoms with Crippen molar-refractivity contribution in [3.8, 4) is 0 Å². The number of rotatable bonds is 4. The van der Waals surface area contributed by atoms with Crippen LogP contribution in [0, 0.1) is 6.92 Å². The Morgan fingerprint density at radius 1 is 1.60 bits per heavy atom. The maximum atomic E-state index is 5.53. The SMILES string of the molecule is Cc1noc(CNCC2CNCCO2)n1. The minimum Gasteiger partial charge on any atom is -0.374 e. The first-order chi connectivity index (χ1) is 7.34.